The predicted molar refractivity (Wildman–Crippen MR) is 118 cm³/mol. The van der Waals surface area contributed by atoms with Crippen LogP contribution in [0.2, 0.25) is 0 Å². The van der Waals surface area contributed by atoms with E-state index in [2.05, 4.69) is 5.32 Å². The van der Waals surface area contributed by atoms with Crippen LogP contribution in [0.4, 0.5) is 5.69 Å². The lowest BCUT2D eigenvalue weighted by Crippen LogP contribution is -2.29. The maximum absolute atomic E-state index is 12.9. The van der Waals surface area contributed by atoms with Crippen LogP contribution in [0.3, 0.4) is 0 Å². The highest BCUT2D eigenvalue weighted by atomic mass is 16.5. The van der Waals surface area contributed by atoms with Crippen molar-refractivity contribution >= 4 is 23.4 Å². The molecule has 1 aliphatic heterocycles. The summed E-state index contributed by atoms with van der Waals surface area (Å²) in [6.07, 6.45) is 0.709. The van der Waals surface area contributed by atoms with Gasteiger partial charge in [-0.15, -0.1) is 0 Å². The second-order valence-electron chi connectivity index (χ2n) is 7.12. The Balaban J connectivity index is 1.47. The van der Waals surface area contributed by atoms with E-state index in [9.17, 15) is 14.4 Å². The fraction of sp³-hybridized carbons (Fsp3) is 0.160. The summed E-state index contributed by atoms with van der Waals surface area (Å²) in [5.74, 6) is -0.459. The zero-order valence-electron chi connectivity index (χ0n) is 17.1. The highest BCUT2D eigenvalue weighted by Crippen LogP contribution is 2.30. The van der Waals surface area contributed by atoms with Crippen molar-refractivity contribution in [2.24, 2.45) is 0 Å². The summed E-state index contributed by atoms with van der Waals surface area (Å²) in [4.78, 5) is 39.4. The van der Waals surface area contributed by atoms with Crippen LogP contribution in [0.1, 0.15) is 43.6 Å². The molecule has 3 aromatic rings. The highest BCUT2D eigenvalue weighted by molar-refractivity contribution is 6.34. The third kappa shape index (κ3) is 4.19. The zero-order valence-corrected chi connectivity index (χ0v) is 17.1. The Morgan fingerprint density at radius 2 is 1.61 bits per heavy atom. The van der Waals surface area contributed by atoms with Gasteiger partial charge in [-0.1, -0.05) is 30.3 Å². The van der Waals surface area contributed by atoms with Gasteiger partial charge in [0, 0.05) is 12.1 Å². The molecule has 1 heterocycles. The summed E-state index contributed by atoms with van der Waals surface area (Å²) in [7, 11) is 0. The zero-order chi connectivity index (χ0) is 21.8. The number of benzene rings is 3. The van der Waals surface area contributed by atoms with E-state index in [0.717, 1.165) is 10.5 Å². The quantitative estimate of drug-likeness (QED) is 0.596. The molecule has 0 spiro atoms. The number of nitrogens with zero attached hydrogens (tertiary/aromatic N) is 1. The van der Waals surface area contributed by atoms with Gasteiger partial charge in [0.25, 0.3) is 17.7 Å². The van der Waals surface area contributed by atoms with Crippen LogP contribution in [-0.4, -0.2) is 30.9 Å². The van der Waals surface area contributed by atoms with Crippen molar-refractivity contribution < 1.29 is 19.1 Å². The Bertz CT molecular complexity index is 1120. The molecule has 6 heteroatoms. The van der Waals surface area contributed by atoms with Gasteiger partial charge in [-0.3, -0.25) is 14.4 Å². The minimum Gasteiger partial charge on any atom is -0.494 e. The standard InChI is InChI=1S/C25H22N2O4/c1-2-31-20-11-9-19(10-12-20)27-24(29)21-13-8-18(16-22(21)25(27)30)23(28)26-15-14-17-6-4-3-5-7-17/h3-13,16H,2,14-15H2,1H3,(H,26,28). The summed E-state index contributed by atoms with van der Waals surface area (Å²) in [6, 6.07) is 21.2. The second-order valence-corrected chi connectivity index (χ2v) is 7.12. The van der Waals surface area contributed by atoms with Crippen LogP contribution in [0.5, 0.6) is 5.75 Å². The number of hydrogen-bond donors (Lipinski definition) is 1. The third-order valence-electron chi connectivity index (χ3n) is 5.10. The molecule has 0 saturated carbocycles. The van der Waals surface area contributed by atoms with Gasteiger partial charge in [-0.25, -0.2) is 4.90 Å². The molecule has 3 aromatic carbocycles. The van der Waals surface area contributed by atoms with Crippen molar-refractivity contribution in [3.8, 4) is 5.75 Å². The fourth-order valence-corrected chi connectivity index (χ4v) is 3.54. The van der Waals surface area contributed by atoms with Crippen molar-refractivity contribution in [1.82, 2.24) is 5.32 Å². The fourth-order valence-electron chi connectivity index (χ4n) is 3.54. The van der Waals surface area contributed by atoms with E-state index < -0.39 is 11.8 Å². The first-order valence-electron chi connectivity index (χ1n) is 10.2. The number of carbonyl (C=O) groups is 3. The molecule has 0 atom stereocenters. The Hall–Kier alpha value is -3.93. The van der Waals surface area contributed by atoms with E-state index in [1.54, 1.807) is 30.3 Å². The molecule has 156 valence electrons. The first-order valence-corrected chi connectivity index (χ1v) is 10.2. The van der Waals surface area contributed by atoms with Crippen LogP contribution in [0.25, 0.3) is 0 Å². The lowest BCUT2D eigenvalue weighted by atomic mass is 10.1. The van der Waals surface area contributed by atoms with Crippen molar-refractivity contribution in [3.63, 3.8) is 0 Å². The minimum atomic E-state index is -0.442. The van der Waals surface area contributed by atoms with E-state index in [1.807, 2.05) is 37.3 Å². The molecule has 0 radical (unpaired) electrons. The molecule has 3 amide bonds. The van der Waals surface area contributed by atoms with Gasteiger partial charge in [0.05, 0.1) is 23.4 Å². The maximum atomic E-state index is 12.9. The number of amides is 3. The van der Waals surface area contributed by atoms with Crippen molar-refractivity contribution in [1.29, 1.82) is 0 Å². The number of carbonyl (C=O) groups excluding carboxylic acids is 3. The largest absolute Gasteiger partial charge is 0.494 e. The third-order valence-corrected chi connectivity index (χ3v) is 5.10. The molecule has 0 saturated heterocycles. The smallest absolute Gasteiger partial charge is 0.266 e. The molecule has 4 rings (SSSR count). The maximum Gasteiger partial charge on any atom is 0.266 e. The van der Waals surface area contributed by atoms with Crippen LogP contribution in [0, 0.1) is 0 Å². The first kappa shape index (κ1) is 20.3. The Labute approximate surface area is 180 Å². The first-order chi connectivity index (χ1) is 15.1. The predicted octanol–water partition coefficient (Wildman–Crippen LogP) is 3.86. The average Bonchev–Trinajstić information content (AvgIpc) is 3.05. The van der Waals surface area contributed by atoms with Gasteiger partial charge in [0.1, 0.15) is 5.75 Å². The monoisotopic (exact) mass is 414 g/mol. The molecule has 1 N–H and O–H groups in total. The summed E-state index contributed by atoms with van der Waals surface area (Å²) >= 11 is 0. The van der Waals surface area contributed by atoms with Gasteiger partial charge in [-0.2, -0.15) is 0 Å². The number of hydrogen-bond acceptors (Lipinski definition) is 4. The number of nitrogens with one attached hydrogen (secondary N) is 1. The average molecular weight is 414 g/mol. The Morgan fingerprint density at radius 1 is 0.903 bits per heavy atom. The van der Waals surface area contributed by atoms with Gasteiger partial charge in [0.15, 0.2) is 0 Å². The van der Waals surface area contributed by atoms with E-state index in [4.69, 9.17) is 4.74 Å². The van der Waals surface area contributed by atoms with E-state index >= 15 is 0 Å². The summed E-state index contributed by atoms with van der Waals surface area (Å²) in [5.41, 5.74) is 2.46. The Morgan fingerprint density at radius 3 is 2.32 bits per heavy atom. The van der Waals surface area contributed by atoms with Gasteiger partial charge in [-0.05, 0) is 61.4 Å². The summed E-state index contributed by atoms with van der Waals surface area (Å²) in [5, 5.41) is 2.86. The lowest BCUT2D eigenvalue weighted by molar-refractivity contribution is 0.0923. The Kier molecular flexibility index (Phi) is 5.80. The van der Waals surface area contributed by atoms with E-state index in [1.165, 1.54) is 12.1 Å². The van der Waals surface area contributed by atoms with Crippen LogP contribution in [0.15, 0.2) is 72.8 Å². The molecule has 1 aliphatic rings. The number of rotatable bonds is 7. The minimum absolute atomic E-state index is 0.231. The number of imide groups is 1. The van der Waals surface area contributed by atoms with Crippen LogP contribution >= 0.6 is 0 Å². The number of anilines is 1. The van der Waals surface area contributed by atoms with Crippen molar-refractivity contribution in [2.75, 3.05) is 18.1 Å². The highest BCUT2D eigenvalue weighted by Gasteiger charge is 2.37. The van der Waals surface area contributed by atoms with Crippen LogP contribution < -0.4 is 15.0 Å². The molecule has 0 fully saturated rings. The lowest BCUT2D eigenvalue weighted by Gasteiger charge is -2.14. The molecule has 0 aliphatic carbocycles. The summed E-state index contributed by atoms with van der Waals surface area (Å²) < 4.78 is 5.41. The van der Waals surface area contributed by atoms with Gasteiger partial charge < -0.3 is 10.1 Å². The normalized spacial score (nSPS) is 12.6. The SMILES string of the molecule is CCOc1ccc(N2C(=O)c3ccc(C(=O)NCCc4ccccc4)cc3C2=O)cc1. The molecular formula is C25H22N2O4. The van der Waals surface area contributed by atoms with E-state index in [-0.39, 0.29) is 11.5 Å². The molecule has 0 unspecified atom stereocenters. The molecule has 0 bridgehead atoms. The van der Waals surface area contributed by atoms with Gasteiger partial charge >= 0.3 is 0 Å². The van der Waals surface area contributed by atoms with Gasteiger partial charge in [0.2, 0.25) is 0 Å². The van der Waals surface area contributed by atoms with Crippen LogP contribution in [-0.2, 0) is 6.42 Å². The number of fused-ring (bicyclic) bond motifs is 1. The molecular weight excluding hydrogens is 392 g/mol. The topological polar surface area (TPSA) is 75.7 Å². The molecule has 6 nitrogen and oxygen atoms in total. The molecule has 31 heavy (non-hydrogen) atoms. The van der Waals surface area contributed by atoms with Crippen molar-refractivity contribution in [2.45, 2.75) is 13.3 Å². The molecule has 0 aromatic heterocycles. The second kappa shape index (κ2) is 8.83. The summed E-state index contributed by atoms with van der Waals surface area (Å²) in [6.45, 7) is 2.89. The number of ether oxygens (including phenoxy) is 1. The van der Waals surface area contributed by atoms with Crippen molar-refractivity contribution in [3.05, 3.63) is 95.1 Å². The van der Waals surface area contributed by atoms with E-state index in [0.29, 0.717) is 42.1 Å².